The smallest absolute Gasteiger partial charge is 0.123 e. The Hall–Kier alpha value is -1.19. The Morgan fingerprint density at radius 2 is 1.75 bits per heavy atom. The van der Waals surface area contributed by atoms with Crippen LogP contribution in [0.1, 0.15) is 30.0 Å². The number of hydrogen-bond donors (Lipinski definition) is 0. The van der Waals surface area contributed by atoms with Gasteiger partial charge in [-0.05, 0) is 54.8 Å². The Bertz CT molecular complexity index is 565. The van der Waals surface area contributed by atoms with Gasteiger partial charge in [0.05, 0.1) is 0 Å². The predicted octanol–water partition coefficient (Wildman–Crippen LogP) is 4.93. The molecule has 0 N–H and O–H groups in total. The zero-order valence-corrected chi connectivity index (χ0v) is 12.8. The van der Waals surface area contributed by atoms with Gasteiger partial charge in [0, 0.05) is 17.1 Å². The van der Waals surface area contributed by atoms with Gasteiger partial charge in [-0.15, -0.1) is 0 Å². The number of likely N-dealkylation sites (tertiary alicyclic amines) is 1. The molecular formula is C17H17BrFN. The average molecular weight is 334 g/mol. The Kier molecular flexibility index (Phi) is 4.18. The zero-order valence-electron chi connectivity index (χ0n) is 11.2. The van der Waals surface area contributed by atoms with Gasteiger partial charge in [0.1, 0.15) is 5.82 Å². The summed E-state index contributed by atoms with van der Waals surface area (Å²) in [6.07, 6.45) is 2.36. The number of halogens is 2. The Balaban J connectivity index is 1.75. The molecule has 0 amide bonds. The number of benzene rings is 2. The fourth-order valence-corrected chi connectivity index (χ4v) is 3.17. The van der Waals surface area contributed by atoms with Crippen molar-refractivity contribution in [2.45, 2.75) is 25.4 Å². The van der Waals surface area contributed by atoms with E-state index < -0.39 is 0 Å². The quantitative estimate of drug-likeness (QED) is 0.770. The predicted molar refractivity (Wildman–Crippen MR) is 82.9 cm³/mol. The minimum absolute atomic E-state index is 0.161. The van der Waals surface area contributed by atoms with Gasteiger partial charge < -0.3 is 0 Å². The fourth-order valence-electron chi connectivity index (χ4n) is 2.90. The molecular weight excluding hydrogens is 317 g/mol. The summed E-state index contributed by atoms with van der Waals surface area (Å²) in [5.41, 5.74) is 2.54. The molecule has 1 aliphatic rings. The molecule has 104 valence electrons. The van der Waals surface area contributed by atoms with Crippen molar-refractivity contribution in [2.24, 2.45) is 0 Å². The minimum Gasteiger partial charge on any atom is -0.292 e. The molecule has 0 unspecified atom stereocenters. The molecule has 0 spiro atoms. The summed E-state index contributed by atoms with van der Waals surface area (Å²) in [4.78, 5) is 2.48. The largest absolute Gasteiger partial charge is 0.292 e. The van der Waals surface area contributed by atoms with Crippen molar-refractivity contribution in [2.75, 3.05) is 6.54 Å². The average Bonchev–Trinajstić information content (AvgIpc) is 2.90. The van der Waals surface area contributed by atoms with E-state index in [2.05, 4.69) is 45.1 Å². The standard InChI is InChI=1S/C17H17BrFN/c18-15-7-3-13(4-8-15)12-20-11-1-2-17(20)14-5-9-16(19)10-6-14/h3-10,17H,1-2,11-12H2/t17-/m0/s1. The zero-order chi connectivity index (χ0) is 13.9. The summed E-state index contributed by atoms with van der Waals surface area (Å²) in [5, 5.41) is 0. The summed E-state index contributed by atoms with van der Waals surface area (Å²) in [7, 11) is 0. The van der Waals surface area contributed by atoms with Gasteiger partial charge in [-0.3, -0.25) is 4.90 Å². The molecule has 1 nitrogen and oxygen atoms in total. The summed E-state index contributed by atoms with van der Waals surface area (Å²) >= 11 is 3.46. The molecule has 0 bridgehead atoms. The molecule has 1 atom stereocenters. The van der Waals surface area contributed by atoms with Crippen molar-refractivity contribution >= 4 is 15.9 Å². The molecule has 0 saturated carbocycles. The Labute approximate surface area is 127 Å². The molecule has 20 heavy (non-hydrogen) atoms. The summed E-state index contributed by atoms with van der Waals surface area (Å²) in [6, 6.07) is 15.8. The normalized spacial score (nSPS) is 19.4. The molecule has 0 radical (unpaired) electrons. The maximum absolute atomic E-state index is 13.0. The lowest BCUT2D eigenvalue weighted by atomic mass is 10.0. The molecule has 0 aliphatic carbocycles. The second-order valence-electron chi connectivity index (χ2n) is 5.31. The maximum Gasteiger partial charge on any atom is 0.123 e. The van der Waals surface area contributed by atoms with Crippen LogP contribution in [-0.4, -0.2) is 11.4 Å². The highest BCUT2D eigenvalue weighted by Gasteiger charge is 2.25. The van der Waals surface area contributed by atoms with E-state index in [-0.39, 0.29) is 5.82 Å². The van der Waals surface area contributed by atoms with Crippen LogP contribution >= 0.6 is 15.9 Å². The van der Waals surface area contributed by atoms with E-state index >= 15 is 0 Å². The van der Waals surface area contributed by atoms with Gasteiger partial charge in [0.2, 0.25) is 0 Å². The van der Waals surface area contributed by atoms with E-state index in [1.54, 1.807) is 12.1 Å². The number of nitrogens with zero attached hydrogens (tertiary/aromatic N) is 1. The molecule has 3 rings (SSSR count). The van der Waals surface area contributed by atoms with E-state index in [0.717, 1.165) is 24.0 Å². The first-order chi connectivity index (χ1) is 9.72. The van der Waals surface area contributed by atoms with E-state index in [1.165, 1.54) is 17.5 Å². The lowest BCUT2D eigenvalue weighted by Gasteiger charge is -2.25. The molecule has 3 heteroatoms. The second kappa shape index (κ2) is 6.06. The van der Waals surface area contributed by atoms with Crippen LogP contribution in [0.15, 0.2) is 53.0 Å². The fraction of sp³-hybridized carbons (Fsp3) is 0.294. The molecule has 1 fully saturated rings. The summed E-state index contributed by atoms with van der Waals surface area (Å²) in [6.45, 7) is 2.06. The van der Waals surface area contributed by atoms with Gasteiger partial charge in [-0.25, -0.2) is 4.39 Å². The van der Waals surface area contributed by atoms with Crippen molar-refractivity contribution in [3.63, 3.8) is 0 Å². The van der Waals surface area contributed by atoms with Gasteiger partial charge >= 0.3 is 0 Å². The van der Waals surface area contributed by atoms with Crippen LogP contribution in [0.4, 0.5) is 4.39 Å². The van der Waals surface area contributed by atoms with Crippen LogP contribution in [0.2, 0.25) is 0 Å². The van der Waals surface area contributed by atoms with Crippen LogP contribution in [0.5, 0.6) is 0 Å². The summed E-state index contributed by atoms with van der Waals surface area (Å²) in [5.74, 6) is -0.161. The first-order valence-electron chi connectivity index (χ1n) is 6.96. The van der Waals surface area contributed by atoms with Gasteiger partial charge in [-0.1, -0.05) is 40.2 Å². The van der Waals surface area contributed by atoms with E-state index in [4.69, 9.17) is 0 Å². The van der Waals surface area contributed by atoms with Crippen molar-refractivity contribution in [1.82, 2.24) is 4.90 Å². The van der Waals surface area contributed by atoms with Gasteiger partial charge in [0.25, 0.3) is 0 Å². The lowest BCUT2D eigenvalue weighted by molar-refractivity contribution is 0.248. The third-order valence-corrected chi connectivity index (χ3v) is 4.45. The molecule has 0 aromatic heterocycles. The van der Waals surface area contributed by atoms with E-state index in [9.17, 15) is 4.39 Å². The minimum atomic E-state index is -0.161. The van der Waals surface area contributed by atoms with Crippen molar-refractivity contribution in [1.29, 1.82) is 0 Å². The Morgan fingerprint density at radius 1 is 1.05 bits per heavy atom. The van der Waals surface area contributed by atoms with Crippen molar-refractivity contribution in [3.05, 3.63) is 69.9 Å². The van der Waals surface area contributed by atoms with E-state index in [0.29, 0.717) is 6.04 Å². The van der Waals surface area contributed by atoms with Crippen LogP contribution in [0.25, 0.3) is 0 Å². The van der Waals surface area contributed by atoms with Crippen LogP contribution < -0.4 is 0 Å². The van der Waals surface area contributed by atoms with Gasteiger partial charge in [0.15, 0.2) is 0 Å². The van der Waals surface area contributed by atoms with Crippen molar-refractivity contribution < 1.29 is 4.39 Å². The topological polar surface area (TPSA) is 3.24 Å². The number of rotatable bonds is 3. The first kappa shape index (κ1) is 13.8. The first-order valence-corrected chi connectivity index (χ1v) is 7.75. The van der Waals surface area contributed by atoms with Crippen LogP contribution in [0, 0.1) is 5.82 Å². The van der Waals surface area contributed by atoms with Gasteiger partial charge in [-0.2, -0.15) is 0 Å². The highest BCUT2D eigenvalue weighted by Crippen LogP contribution is 2.33. The highest BCUT2D eigenvalue weighted by atomic mass is 79.9. The molecule has 1 saturated heterocycles. The maximum atomic E-state index is 13.0. The third-order valence-electron chi connectivity index (χ3n) is 3.92. The van der Waals surface area contributed by atoms with E-state index in [1.807, 2.05) is 12.1 Å². The third kappa shape index (κ3) is 3.10. The molecule has 1 aliphatic heterocycles. The second-order valence-corrected chi connectivity index (χ2v) is 6.22. The van der Waals surface area contributed by atoms with Crippen LogP contribution in [0.3, 0.4) is 0 Å². The Morgan fingerprint density at radius 3 is 2.45 bits per heavy atom. The van der Waals surface area contributed by atoms with Crippen LogP contribution in [-0.2, 0) is 6.54 Å². The molecule has 2 aromatic rings. The monoisotopic (exact) mass is 333 g/mol. The highest BCUT2D eigenvalue weighted by molar-refractivity contribution is 9.10. The number of hydrogen-bond acceptors (Lipinski definition) is 1. The van der Waals surface area contributed by atoms with Crippen molar-refractivity contribution in [3.8, 4) is 0 Å². The lowest BCUT2D eigenvalue weighted by Crippen LogP contribution is -2.22. The SMILES string of the molecule is Fc1ccc([C@@H]2CCCN2Cc2ccc(Br)cc2)cc1. The molecule has 1 heterocycles. The summed E-state index contributed by atoms with van der Waals surface area (Å²) < 4.78 is 14.1. The molecule has 2 aromatic carbocycles.